The summed E-state index contributed by atoms with van der Waals surface area (Å²) in [7, 11) is 1.63. The molecule has 0 N–H and O–H groups in total. The van der Waals surface area contributed by atoms with Gasteiger partial charge in [-0.05, 0) is 36.2 Å². The number of benzene rings is 2. The van der Waals surface area contributed by atoms with Gasteiger partial charge in [-0.3, -0.25) is 19.0 Å². The van der Waals surface area contributed by atoms with Crippen molar-refractivity contribution in [3.8, 4) is 5.75 Å². The van der Waals surface area contributed by atoms with Crippen LogP contribution in [0.15, 0.2) is 59.5 Å². The molecule has 0 aliphatic carbocycles. The molecular formula is C24H26N4O4. The number of aromatic nitrogens is 2. The SMILES string of the molecule is COc1ccc(CCC(=O)N2CCN(C(=O)Cn3c(=O)cnc4ccccc43)CC2)cc1. The first-order chi connectivity index (χ1) is 15.5. The Morgan fingerprint density at radius 3 is 2.28 bits per heavy atom. The van der Waals surface area contributed by atoms with E-state index in [2.05, 4.69) is 4.98 Å². The maximum absolute atomic E-state index is 12.8. The largest absolute Gasteiger partial charge is 0.497 e. The summed E-state index contributed by atoms with van der Waals surface area (Å²) < 4.78 is 6.61. The molecule has 0 radical (unpaired) electrons. The van der Waals surface area contributed by atoms with Gasteiger partial charge in [0.05, 0.1) is 24.3 Å². The van der Waals surface area contributed by atoms with Crippen LogP contribution in [0.25, 0.3) is 11.0 Å². The molecule has 1 aromatic heterocycles. The van der Waals surface area contributed by atoms with Crippen LogP contribution >= 0.6 is 0 Å². The molecule has 1 aliphatic rings. The molecule has 1 fully saturated rings. The third-order valence-corrected chi connectivity index (χ3v) is 5.82. The van der Waals surface area contributed by atoms with Gasteiger partial charge in [0.15, 0.2) is 0 Å². The zero-order chi connectivity index (χ0) is 22.5. The number of aryl methyl sites for hydroxylation is 1. The summed E-state index contributed by atoms with van der Waals surface area (Å²) in [6, 6.07) is 15.0. The van der Waals surface area contributed by atoms with Crippen molar-refractivity contribution >= 4 is 22.8 Å². The fourth-order valence-corrected chi connectivity index (χ4v) is 3.92. The Labute approximate surface area is 186 Å². The number of amides is 2. The Kier molecular flexibility index (Phi) is 6.49. The molecule has 0 saturated carbocycles. The molecule has 32 heavy (non-hydrogen) atoms. The highest BCUT2D eigenvalue weighted by Crippen LogP contribution is 2.14. The lowest BCUT2D eigenvalue weighted by molar-refractivity contribution is -0.139. The van der Waals surface area contributed by atoms with Crippen LogP contribution in [0.2, 0.25) is 0 Å². The Balaban J connectivity index is 1.30. The molecule has 0 atom stereocenters. The van der Waals surface area contributed by atoms with E-state index in [0.717, 1.165) is 11.3 Å². The van der Waals surface area contributed by atoms with Crippen molar-refractivity contribution in [3.05, 3.63) is 70.6 Å². The average molecular weight is 434 g/mol. The molecule has 2 amide bonds. The van der Waals surface area contributed by atoms with Crippen LogP contribution in [0, 0.1) is 0 Å². The third kappa shape index (κ3) is 4.80. The first kappa shape index (κ1) is 21.5. The number of hydrogen-bond acceptors (Lipinski definition) is 5. The van der Waals surface area contributed by atoms with Gasteiger partial charge < -0.3 is 14.5 Å². The standard InChI is InChI=1S/C24H26N4O4/c1-32-19-9-6-18(7-10-19)8-11-22(29)26-12-14-27(15-13-26)24(31)17-28-21-5-3-2-4-20(21)25-16-23(28)30/h2-7,9-10,16H,8,11-15,17H2,1H3. The summed E-state index contributed by atoms with van der Waals surface area (Å²) in [4.78, 5) is 45.4. The van der Waals surface area contributed by atoms with E-state index < -0.39 is 0 Å². The van der Waals surface area contributed by atoms with E-state index in [1.54, 1.807) is 23.0 Å². The maximum Gasteiger partial charge on any atom is 0.269 e. The Bertz CT molecular complexity index is 1160. The Morgan fingerprint density at radius 2 is 1.59 bits per heavy atom. The summed E-state index contributed by atoms with van der Waals surface area (Å²) in [5, 5.41) is 0. The highest BCUT2D eigenvalue weighted by Gasteiger charge is 2.24. The van der Waals surface area contributed by atoms with Crippen molar-refractivity contribution in [2.24, 2.45) is 0 Å². The van der Waals surface area contributed by atoms with Gasteiger partial charge in [0.25, 0.3) is 5.56 Å². The monoisotopic (exact) mass is 434 g/mol. The van der Waals surface area contributed by atoms with E-state index in [9.17, 15) is 14.4 Å². The Hall–Kier alpha value is -3.68. The van der Waals surface area contributed by atoms with Crippen LogP contribution in [0.5, 0.6) is 5.75 Å². The van der Waals surface area contributed by atoms with Crippen molar-refractivity contribution in [2.45, 2.75) is 19.4 Å². The quantitative estimate of drug-likeness (QED) is 0.590. The topological polar surface area (TPSA) is 84.7 Å². The zero-order valence-electron chi connectivity index (χ0n) is 18.1. The summed E-state index contributed by atoms with van der Waals surface area (Å²) >= 11 is 0. The summed E-state index contributed by atoms with van der Waals surface area (Å²) in [5.74, 6) is 0.751. The predicted octanol–water partition coefficient (Wildman–Crippen LogP) is 1.71. The summed E-state index contributed by atoms with van der Waals surface area (Å²) in [6.07, 6.45) is 2.34. The second-order valence-corrected chi connectivity index (χ2v) is 7.78. The number of fused-ring (bicyclic) bond motifs is 1. The number of rotatable bonds is 6. The fourth-order valence-electron chi connectivity index (χ4n) is 3.92. The van der Waals surface area contributed by atoms with Crippen LogP contribution in [-0.2, 0) is 22.6 Å². The normalized spacial score (nSPS) is 13.9. The molecule has 166 valence electrons. The van der Waals surface area contributed by atoms with Crippen molar-refractivity contribution < 1.29 is 14.3 Å². The first-order valence-electron chi connectivity index (χ1n) is 10.7. The molecule has 2 aromatic carbocycles. The van der Waals surface area contributed by atoms with Gasteiger partial charge in [-0.15, -0.1) is 0 Å². The molecule has 8 heteroatoms. The number of nitrogens with zero attached hydrogens (tertiary/aromatic N) is 4. The highest BCUT2D eigenvalue weighted by atomic mass is 16.5. The van der Waals surface area contributed by atoms with Crippen molar-refractivity contribution in [3.63, 3.8) is 0 Å². The number of piperazine rings is 1. The van der Waals surface area contributed by atoms with Gasteiger partial charge in [0, 0.05) is 32.6 Å². The van der Waals surface area contributed by atoms with Crippen molar-refractivity contribution in [1.29, 1.82) is 0 Å². The smallest absolute Gasteiger partial charge is 0.269 e. The van der Waals surface area contributed by atoms with E-state index in [0.29, 0.717) is 50.1 Å². The minimum Gasteiger partial charge on any atom is -0.497 e. The lowest BCUT2D eigenvalue weighted by atomic mass is 10.1. The van der Waals surface area contributed by atoms with Gasteiger partial charge in [-0.1, -0.05) is 24.3 Å². The molecular weight excluding hydrogens is 408 g/mol. The number of carbonyl (C=O) groups excluding carboxylic acids is 2. The molecule has 0 unspecified atom stereocenters. The van der Waals surface area contributed by atoms with Crippen LogP contribution in [0.4, 0.5) is 0 Å². The summed E-state index contributed by atoms with van der Waals surface area (Å²) in [5.41, 5.74) is 2.10. The van der Waals surface area contributed by atoms with Gasteiger partial charge >= 0.3 is 0 Å². The van der Waals surface area contributed by atoms with Gasteiger partial charge in [0.2, 0.25) is 11.8 Å². The second kappa shape index (κ2) is 9.64. The molecule has 0 bridgehead atoms. The lowest BCUT2D eigenvalue weighted by Crippen LogP contribution is -2.51. The molecule has 1 aliphatic heterocycles. The second-order valence-electron chi connectivity index (χ2n) is 7.78. The van der Waals surface area contributed by atoms with Crippen LogP contribution in [0.3, 0.4) is 0 Å². The van der Waals surface area contributed by atoms with E-state index in [4.69, 9.17) is 4.74 Å². The fraction of sp³-hybridized carbons (Fsp3) is 0.333. The average Bonchev–Trinajstić information content (AvgIpc) is 2.84. The van der Waals surface area contributed by atoms with E-state index in [1.165, 1.54) is 10.8 Å². The molecule has 3 aromatic rings. The van der Waals surface area contributed by atoms with Crippen LogP contribution < -0.4 is 10.3 Å². The predicted molar refractivity (Wildman–Crippen MR) is 120 cm³/mol. The van der Waals surface area contributed by atoms with E-state index >= 15 is 0 Å². The molecule has 4 rings (SSSR count). The minimum atomic E-state index is -0.301. The molecule has 1 saturated heterocycles. The number of carbonyl (C=O) groups is 2. The molecule has 0 spiro atoms. The van der Waals surface area contributed by atoms with Crippen molar-refractivity contribution in [1.82, 2.24) is 19.4 Å². The number of hydrogen-bond donors (Lipinski definition) is 0. The van der Waals surface area contributed by atoms with E-state index in [1.807, 2.05) is 42.5 Å². The number of ether oxygens (including phenoxy) is 1. The number of para-hydroxylation sites is 2. The third-order valence-electron chi connectivity index (χ3n) is 5.82. The lowest BCUT2D eigenvalue weighted by Gasteiger charge is -2.35. The van der Waals surface area contributed by atoms with Crippen molar-refractivity contribution in [2.75, 3.05) is 33.3 Å². The van der Waals surface area contributed by atoms with Gasteiger partial charge in [0.1, 0.15) is 12.3 Å². The Morgan fingerprint density at radius 1 is 0.938 bits per heavy atom. The van der Waals surface area contributed by atoms with Gasteiger partial charge in [-0.2, -0.15) is 0 Å². The zero-order valence-corrected chi connectivity index (χ0v) is 18.1. The summed E-state index contributed by atoms with van der Waals surface area (Å²) in [6.45, 7) is 1.89. The molecule has 8 nitrogen and oxygen atoms in total. The van der Waals surface area contributed by atoms with Crippen LogP contribution in [-0.4, -0.2) is 64.5 Å². The van der Waals surface area contributed by atoms with Crippen LogP contribution in [0.1, 0.15) is 12.0 Å². The van der Waals surface area contributed by atoms with Gasteiger partial charge in [-0.25, -0.2) is 4.98 Å². The maximum atomic E-state index is 12.8. The molecule has 2 heterocycles. The first-order valence-corrected chi connectivity index (χ1v) is 10.7. The van der Waals surface area contributed by atoms with E-state index in [-0.39, 0.29) is 23.9 Å². The minimum absolute atomic E-state index is 0.0344. The number of methoxy groups -OCH3 is 1. The highest BCUT2D eigenvalue weighted by molar-refractivity contribution is 5.81.